The fraction of sp³-hybridized carbons (Fsp3) is 0.500. The van der Waals surface area contributed by atoms with Crippen molar-refractivity contribution in [1.29, 1.82) is 0 Å². The van der Waals surface area contributed by atoms with Crippen LogP contribution in [0.25, 0.3) is 0 Å². The third-order valence-corrected chi connectivity index (χ3v) is 3.69. The van der Waals surface area contributed by atoms with Gasteiger partial charge in [0.25, 0.3) is 0 Å². The monoisotopic (exact) mass is 230 g/mol. The highest BCUT2D eigenvalue weighted by molar-refractivity contribution is 7.91. The van der Waals surface area contributed by atoms with Gasteiger partial charge in [0.05, 0.1) is 11.4 Å². The van der Waals surface area contributed by atoms with Crippen LogP contribution >= 0.6 is 0 Å². The second-order valence-electron chi connectivity index (χ2n) is 3.31. The van der Waals surface area contributed by atoms with Gasteiger partial charge in [-0.25, -0.2) is 13.4 Å². The van der Waals surface area contributed by atoms with Gasteiger partial charge in [0.2, 0.25) is 15.0 Å². The Labute approximate surface area is 86.8 Å². The van der Waals surface area contributed by atoms with E-state index in [1.807, 2.05) is 0 Å². The molecule has 1 aromatic heterocycles. The predicted octanol–water partition coefficient (Wildman–Crippen LogP) is -0.267. The molecule has 0 saturated carbocycles. The Bertz CT molecular complexity index is 503. The van der Waals surface area contributed by atoms with E-state index in [-0.39, 0.29) is 17.5 Å². The van der Waals surface area contributed by atoms with E-state index >= 15 is 0 Å². The summed E-state index contributed by atoms with van der Waals surface area (Å²) in [5.74, 6) is -0.311. The summed E-state index contributed by atoms with van der Waals surface area (Å²) in [4.78, 5) is 14.5. The largest absolute Gasteiger partial charge is 0.459 e. The van der Waals surface area contributed by atoms with E-state index in [0.29, 0.717) is 12.2 Å². The second kappa shape index (κ2) is 3.34. The van der Waals surface area contributed by atoms with Crippen LogP contribution in [0.15, 0.2) is 11.4 Å². The van der Waals surface area contributed by atoms with Crippen molar-refractivity contribution in [2.24, 2.45) is 0 Å². The van der Waals surface area contributed by atoms with E-state index in [0.717, 1.165) is 0 Å². The number of aryl methyl sites for hydroxylation is 1. The Morgan fingerprint density at radius 3 is 3.00 bits per heavy atom. The summed E-state index contributed by atoms with van der Waals surface area (Å²) in [7, 11) is -3.21. The Morgan fingerprint density at radius 2 is 2.40 bits per heavy atom. The number of aromatic nitrogens is 2. The Hall–Kier alpha value is -1.37. The minimum Gasteiger partial charge on any atom is -0.459 e. The molecule has 0 aromatic carbocycles. The van der Waals surface area contributed by atoms with Gasteiger partial charge in [0, 0.05) is 19.7 Å². The first-order valence-corrected chi connectivity index (χ1v) is 6.06. The average Bonchev–Trinajstić information content (AvgIpc) is 2.65. The molecule has 1 aliphatic rings. The summed E-state index contributed by atoms with van der Waals surface area (Å²) < 4.78 is 29.1. The van der Waals surface area contributed by atoms with Crippen LogP contribution in [0.4, 0.5) is 0 Å². The first-order valence-electron chi connectivity index (χ1n) is 4.41. The number of esters is 1. The standard InChI is InChI=1S/C8H10N2O4S/c1-6(11)14-5-7-4-10-2-3-15(12,13)8(10)9-7/h4H,2-3,5H2,1H3. The van der Waals surface area contributed by atoms with Gasteiger partial charge in [-0.2, -0.15) is 0 Å². The van der Waals surface area contributed by atoms with Gasteiger partial charge in [-0.1, -0.05) is 0 Å². The molecule has 0 radical (unpaired) electrons. The molecule has 1 aromatic rings. The first-order chi connectivity index (χ1) is 6.99. The van der Waals surface area contributed by atoms with E-state index in [1.165, 1.54) is 6.92 Å². The molecule has 6 nitrogen and oxygen atoms in total. The summed E-state index contributed by atoms with van der Waals surface area (Å²) in [6.07, 6.45) is 1.60. The van der Waals surface area contributed by atoms with Gasteiger partial charge in [0.15, 0.2) is 0 Å². The number of hydrogen-bond acceptors (Lipinski definition) is 5. The third kappa shape index (κ3) is 1.87. The summed E-state index contributed by atoms with van der Waals surface area (Å²) in [5.41, 5.74) is 0.462. The maximum Gasteiger partial charge on any atom is 0.303 e. The lowest BCUT2D eigenvalue weighted by Gasteiger charge is -1.96. The maximum atomic E-state index is 11.4. The lowest BCUT2D eigenvalue weighted by molar-refractivity contribution is -0.142. The van der Waals surface area contributed by atoms with Crippen LogP contribution in [0.5, 0.6) is 0 Å². The van der Waals surface area contributed by atoms with Gasteiger partial charge < -0.3 is 9.30 Å². The number of nitrogens with zero attached hydrogens (tertiary/aromatic N) is 2. The van der Waals surface area contributed by atoms with Crippen molar-refractivity contribution >= 4 is 15.8 Å². The van der Waals surface area contributed by atoms with Crippen LogP contribution in [0.3, 0.4) is 0 Å². The summed E-state index contributed by atoms with van der Waals surface area (Å²) >= 11 is 0. The van der Waals surface area contributed by atoms with E-state index in [2.05, 4.69) is 4.98 Å². The number of carbonyl (C=O) groups excluding carboxylic acids is 1. The highest BCUT2D eigenvalue weighted by Gasteiger charge is 2.28. The zero-order valence-electron chi connectivity index (χ0n) is 8.13. The number of rotatable bonds is 2. The average molecular weight is 230 g/mol. The van der Waals surface area contributed by atoms with Crippen molar-refractivity contribution < 1.29 is 17.9 Å². The number of fused-ring (bicyclic) bond motifs is 1. The molecule has 0 amide bonds. The molecule has 82 valence electrons. The zero-order chi connectivity index (χ0) is 11.1. The lowest BCUT2D eigenvalue weighted by Crippen LogP contribution is -2.03. The van der Waals surface area contributed by atoms with Gasteiger partial charge in [-0.05, 0) is 0 Å². The lowest BCUT2D eigenvalue weighted by atomic mass is 10.5. The highest BCUT2D eigenvalue weighted by Crippen LogP contribution is 2.19. The van der Waals surface area contributed by atoms with E-state index in [4.69, 9.17) is 4.74 Å². The van der Waals surface area contributed by atoms with Crippen LogP contribution in [0.1, 0.15) is 12.6 Å². The molecule has 0 saturated heterocycles. The normalized spacial score (nSPS) is 17.4. The topological polar surface area (TPSA) is 78.3 Å². The quantitative estimate of drug-likeness (QED) is 0.654. The molecule has 1 aliphatic heterocycles. The fourth-order valence-corrected chi connectivity index (χ4v) is 2.79. The Kier molecular flexibility index (Phi) is 2.26. The molecule has 0 spiro atoms. The maximum absolute atomic E-state index is 11.4. The van der Waals surface area contributed by atoms with Crippen molar-refractivity contribution in [3.8, 4) is 0 Å². The number of sulfone groups is 1. The highest BCUT2D eigenvalue weighted by atomic mass is 32.2. The molecule has 0 atom stereocenters. The number of ether oxygens (including phenoxy) is 1. The van der Waals surface area contributed by atoms with E-state index in [9.17, 15) is 13.2 Å². The van der Waals surface area contributed by atoms with Crippen molar-refractivity contribution in [1.82, 2.24) is 9.55 Å². The molecule has 15 heavy (non-hydrogen) atoms. The van der Waals surface area contributed by atoms with Gasteiger partial charge in [-0.3, -0.25) is 4.79 Å². The minimum atomic E-state index is -3.21. The second-order valence-corrected chi connectivity index (χ2v) is 5.31. The predicted molar refractivity (Wildman–Crippen MR) is 49.7 cm³/mol. The van der Waals surface area contributed by atoms with Crippen LogP contribution < -0.4 is 0 Å². The SMILES string of the molecule is CC(=O)OCc1cn2c(n1)S(=O)(=O)CC2. The smallest absolute Gasteiger partial charge is 0.303 e. The molecular weight excluding hydrogens is 220 g/mol. The number of imidazole rings is 1. The van der Waals surface area contributed by atoms with Crippen LogP contribution in [-0.4, -0.2) is 29.7 Å². The van der Waals surface area contributed by atoms with Crippen molar-refractivity contribution in [3.05, 3.63) is 11.9 Å². The van der Waals surface area contributed by atoms with E-state index < -0.39 is 15.8 Å². The molecule has 0 unspecified atom stereocenters. The van der Waals surface area contributed by atoms with Crippen molar-refractivity contribution in [3.63, 3.8) is 0 Å². The molecule has 2 rings (SSSR count). The molecule has 0 N–H and O–H groups in total. The fourth-order valence-electron chi connectivity index (χ4n) is 1.41. The Balaban J connectivity index is 2.22. The van der Waals surface area contributed by atoms with Gasteiger partial charge >= 0.3 is 5.97 Å². The number of carbonyl (C=O) groups is 1. The van der Waals surface area contributed by atoms with Gasteiger partial charge in [-0.15, -0.1) is 0 Å². The van der Waals surface area contributed by atoms with Crippen LogP contribution in [0, 0.1) is 0 Å². The summed E-state index contributed by atoms with van der Waals surface area (Å²) in [6, 6.07) is 0. The van der Waals surface area contributed by atoms with Crippen molar-refractivity contribution in [2.45, 2.75) is 25.2 Å². The summed E-state index contributed by atoms with van der Waals surface area (Å²) in [5, 5.41) is 0.0738. The summed E-state index contributed by atoms with van der Waals surface area (Å²) in [6.45, 7) is 1.73. The first kappa shape index (κ1) is 10.2. The molecule has 7 heteroatoms. The Morgan fingerprint density at radius 1 is 1.67 bits per heavy atom. The molecular formula is C8H10N2O4S. The minimum absolute atomic E-state index is 0.0187. The molecule has 0 bridgehead atoms. The molecule has 0 fully saturated rings. The molecule has 2 heterocycles. The van der Waals surface area contributed by atoms with E-state index in [1.54, 1.807) is 10.8 Å². The third-order valence-electron chi connectivity index (χ3n) is 2.09. The van der Waals surface area contributed by atoms with Crippen LogP contribution in [-0.2, 0) is 32.5 Å². The van der Waals surface area contributed by atoms with Crippen LogP contribution in [0.2, 0.25) is 0 Å². The van der Waals surface area contributed by atoms with Crippen molar-refractivity contribution in [2.75, 3.05) is 5.75 Å². The number of hydrogen-bond donors (Lipinski definition) is 0. The molecule has 0 aliphatic carbocycles. The van der Waals surface area contributed by atoms with Gasteiger partial charge in [0.1, 0.15) is 6.61 Å². The zero-order valence-corrected chi connectivity index (χ0v) is 8.95.